The van der Waals surface area contributed by atoms with Crippen molar-refractivity contribution < 1.29 is 23.0 Å². The second kappa shape index (κ2) is 4.78. The summed E-state index contributed by atoms with van der Waals surface area (Å²) in [6.45, 7) is 3.92. The van der Waals surface area contributed by atoms with Gasteiger partial charge in [0, 0.05) is 12.8 Å². The number of hydrogen-bond donors (Lipinski definition) is 0. The third-order valence-electron chi connectivity index (χ3n) is 3.06. The second-order valence-corrected chi connectivity index (χ2v) is 5.29. The van der Waals surface area contributed by atoms with Crippen molar-refractivity contribution in [2.24, 2.45) is 0 Å². The molecule has 2 heterocycles. The van der Waals surface area contributed by atoms with E-state index in [9.17, 15) is 8.78 Å². The molecule has 2 fully saturated rings. The molecule has 0 aromatic heterocycles. The van der Waals surface area contributed by atoms with Crippen LogP contribution in [0.1, 0.15) is 39.5 Å². The molecular formula is C12H20F2O3. The lowest BCUT2D eigenvalue weighted by molar-refractivity contribution is -0.264. The SMILES string of the molecule is CC(F)(CCC1CO1)OC(C)(F)CCC1CO1. The van der Waals surface area contributed by atoms with Gasteiger partial charge in [0.15, 0.2) is 0 Å². The number of halogens is 2. The van der Waals surface area contributed by atoms with E-state index in [4.69, 9.17) is 14.2 Å². The monoisotopic (exact) mass is 250 g/mol. The third-order valence-corrected chi connectivity index (χ3v) is 3.06. The fourth-order valence-corrected chi connectivity index (χ4v) is 1.85. The van der Waals surface area contributed by atoms with Gasteiger partial charge in [0.2, 0.25) is 11.7 Å². The van der Waals surface area contributed by atoms with Crippen molar-refractivity contribution in [3.05, 3.63) is 0 Å². The number of hydrogen-bond acceptors (Lipinski definition) is 3. The van der Waals surface area contributed by atoms with E-state index in [0.29, 0.717) is 26.1 Å². The first kappa shape index (κ1) is 13.2. The Morgan fingerprint density at radius 1 is 1.00 bits per heavy atom. The molecule has 4 unspecified atom stereocenters. The minimum Gasteiger partial charge on any atom is -0.373 e. The van der Waals surface area contributed by atoms with E-state index >= 15 is 0 Å². The van der Waals surface area contributed by atoms with Crippen LogP contribution in [0.25, 0.3) is 0 Å². The molecule has 2 aliphatic rings. The van der Waals surface area contributed by atoms with Crippen LogP contribution < -0.4 is 0 Å². The first-order valence-corrected chi connectivity index (χ1v) is 6.18. The highest BCUT2D eigenvalue weighted by Crippen LogP contribution is 2.33. The molecular weight excluding hydrogens is 230 g/mol. The molecule has 100 valence electrons. The fourth-order valence-electron chi connectivity index (χ4n) is 1.85. The number of epoxide rings is 2. The summed E-state index contributed by atoms with van der Waals surface area (Å²) in [4.78, 5) is 0. The van der Waals surface area contributed by atoms with Crippen LogP contribution in [-0.2, 0) is 14.2 Å². The molecule has 2 aliphatic heterocycles. The van der Waals surface area contributed by atoms with Gasteiger partial charge in [-0.05, 0) is 26.7 Å². The lowest BCUT2D eigenvalue weighted by Gasteiger charge is -2.29. The average molecular weight is 250 g/mol. The smallest absolute Gasteiger partial charge is 0.209 e. The van der Waals surface area contributed by atoms with Gasteiger partial charge in [-0.1, -0.05) is 0 Å². The quantitative estimate of drug-likeness (QED) is 0.621. The molecule has 0 aromatic rings. The maximum atomic E-state index is 14.0. The molecule has 2 saturated heterocycles. The molecule has 0 saturated carbocycles. The zero-order valence-electron chi connectivity index (χ0n) is 10.4. The van der Waals surface area contributed by atoms with Crippen molar-refractivity contribution in [3.8, 4) is 0 Å². The summed E-state index contributed by atoms with van der Waals surface area (Å²) in [6, 6.07) is 0. The van der Waals surface area contributed by atoms with Crippen LogP contribution in [0.15, 0.2) is 0 Å². The minimum absolute atomic E-state index is 0.138. The van der Waals surface area contributed by atoms with E-state index in [1.54, 1.807) is 0 Å². The van der Waals surface area contributed by atoms with Crippen LogP contribution in [0.2, 0.25) is 0 Å². The van der Waals surface area contributed by atoms with Gasteiger partial charge in [-0.3, -0.25) is 0 Å². The Morgan fingerprint density at radius 2 is 1.35 bits per heavy atom. The summed E-state index contributed by atoms with van der Waals surface area (Å²) < 4.78 is 42.8. The lowest BCUT2D eigenvalue weighted by atomic mass is 10.1. The van der Waals surface area contributed by atoms with Gasteiger partial charge in [0.25, 0.3) is 0 Å². The van der Waals surface area contributed by atoms with Crippen LogP contribution >= 0.6 is 0 Å². The summed E-state index contributed by atoms with van der Waals surface area (Å²) in [5, 5.41) is 0. The van der Waals surface area contributed by atoms with Crippen molar-refractivity contribution in [2.75, 3.05) is 13.2 Å². The van der Waals surface area contributed by atoms with Gasteiger partial charge in [0.05, 0.1) is 25.4 Å². The van der Waals surface area contributed by atoms with E-state index in [-0.39, 0.29) is 25.0 Å². The van der Waals surface area contributed by atoms with Gasteiger partial charge >= 0.3 is 0 Å². The molecule has 0 bridgehead atoms. The highest BCUT2D eigenvalue weighted by atomic mass is 19.2. The van der Waals surface area contributed by atoms with Crippen LogP contribution in [0.5, 0.6) is 0 Å². The van der Waals surface area contributed by atoms with Gasteiger partial charge in [-0.2, -0.15) is 0 Å². The largest absolute Gasteiger partial charge is 0.373 e. The highest BCUT2D eigenvalue weighted by molar-refractivity contribution is 4.77. The molecule has 4 atom stereocenters. The predicted octanol–water partition coefficient (Wildman–Crippen LogP) is 2.73. The summed E-state index contributed by atoms with van der Waals surface area (Å²) in [7, 11) is 0. The Morgan fingerprint density at radius 3 is 1.65 bits per heavy atom. The van der Waals surface area contributed by atoms with Crippen LogP contribution in [-0.4, -0.2) is 37.1 Å². The normalized spacial score (nSPS) is 33.9. The van der Waals surface area contributed by atoms with Crippen molar-refractivity contribution in [1.29, 1.82) is 0 Å². The summed E-state index contributed by atoms with van der Waals surface area (Å²) in [6.07, 6.45) is 1.76. The Bertz CT molecular complexity index is 234. The van der Waals surface area contributed by atoms with Gasteiger partial charge in [-0.15, -0.1) is 0 Å². The van der Waals surface area contributed by atoms with E-state index in [1.165, 1.54) is 13.8 Å². The van der Waals surface area contributed by atoms with Gasteiger partial charge in [-0.25, -0.2) is 8.78 Å². The third kappa shape index (κ3) is 5.27. The number of rotatable bonds is 8. The topological polar surface area (TPSA) is 34.3 Å². The van der Waals surface area contributed by atoms with Crippen molar-refractivity contribution in [2.45, 2.75) is 63.4 Å². The van der Waals surface area contributed by atoms with E-state index < -0.39 is 11.7 Å². The van der Waals surface area contributed by atoms with Crippen molar-refractivity contribution >= 4 is 0 Å². The lowest BCUT2D eigenvalue weighted by Crippen LogP contribution is -2.35. The zero-order chi connectivity index (χ0) is 12.5. The van der Waals surface area contributed by atoms with Gasteiger partial charge < -0.3 is 14.2 Å². The Labute approximate surface area is 100 Å². The maximum Gasteiger partial charge on any atom is 0.209 e. The molecule has 0 amide bonds. The minimum atomic E-state index is -1.93. The van der Waals surface area contributed by atoms with Crippen molar-refractivity contribution in [1.82, 2.24) is 0 Å². The van der Waals surface area contributed by atoms with E-state index in [1.807, 2.05) is 0 Å². The molecule has 0 aliphatic carbocycles. The molecule has 0 aromatic carbocycles. The number of ether oxygens (including phenoxy) is 3. The van der Waals surface area contributed by atoms with Crippen molar-refractivity contribution in [3.63, 3.8) is 0 Å². The zero-order valence-corrected chi connectivity index (χ0v) is 10.4. The average Bonchev–Trinajstić information content (AvgIpc) is 3.05. The highest BCUT2D eigenvalue weighted by Gasteiger charge is 2.39. The first-order chi connectivity index (χ1) is 7.86. The molecule has 0 spiro atoms. The van der Waals surface area contributed by atoms with Gasteiger partial charge in [0.1, 0.15) is 0 Å². The summed E-state index contributed by atoms with van der Waals surface area (Å²) >= 11 is 0. The molecule has 2 rings (SSSR count). The Kier molecular flexibility index (Phi) is 3.71. The standard InChI is InChI=1S/C12H20F2O3/c1-11(13,5-3-9-7-15-9)17-12(2,14)6-4-10-8-16-10/h9-10H,3-8H2,1-2H3. The molecule has 17 heavy (non-hydrogen) atoms. The summed E-state index contributed by atoms with van der Waals surface area (Å²) in [5.74, 6) is -3.86. The van der Waals surface area contributed by atoms with Crippen LogP contribution in [0.3, 0.4) is 0 Å². The molecule has 0 N–H and O–H groups in total. The molecule has 3 nitrogen and oxygen atoms in total. The van der Waals surface area contributed by atoms with Crippen LogP contribution in [0.4, 0.5) is 8.78 Å². The maximum absolute atomic E-state index is 14.0. The van der Waals surface area contributed by atoms with E-state index in [0.717, 1.165) is 0 Å². The molecule has 0 radical (unpaired) electrons. The number of alkyl halides is 2. The first-order valence-electron chi connectivity index (χ1n) is 6.18. The predicted molar refractivity (Wildman–Crippen MR) is 58.1 cm³/mol. The van der Waals surface area contributed by atoms with Crippen LogP contribution in [0, 0.1) is 0 Å². The fraction of sp³-hybridized carbons (Fsp3) is 1.00. The molecule has 5 heteroatoms. The Hall–Kier alpha value is -0.260. The van der Waals surface area contributed by atoms with E-state index in [2.05, 4.69) is 0 Å². The second-order valence-electron chi connectivity index (χ2n) is 5.29. The Balaban J connectivity index is 1.70. The summed E-state index contributed by atoms with van der Waals surface area (Å²) in [5.41, 5.74) is 0.